The van der Waals surface area contributed by atoms with Crippen molar-refractivity contribution in [2.75, 3.05) is 39.3 Å². The van der Waals surface area contributed by atoms with E-state index in [2.05, 4.69) is 67.5 Å². The van der Waals surface area contributed by atoms with Gasteiger partial charge in [0.2, 0.25) is 0 Å². The zero-order valence-electron chi connectivity index (χ0n) is 16.5. The first kappa shape index (κ1) is 19.8. The first-order valence-electron chi connectivity index (χ1n) is 9.93. The summed E-state index contributed by atoms with van der Waals surface area (Å²) in [5.41, 5.74) is 2.68. The van der Waals surface area contributed by atoms with E-state index in [1.165, 1.54) is 43.6 Å². The molecule has 2 rings (SSSR count). The minimum atomic E-state index is 0.432. The lowest BCUT2D eigenvalue weighted by Gasteiger charge is -2.17. The van der Waals surface area contributed by atoms with Crippen molar-refractivity contribution >= 4 is 5.96 Å². The van der Waals surface area contributed by atoms with E-state index in [0.29, 0.717) is 5.92 Å². The molecule has 0 amide bonds. The van der Waals surface area contributed by atoms with Crippen LogP contribution in [-0.4, -0.2) is 50.1 Å². The van der Waals surface area contributed by atoms with Crippen LogP contribution in [0.25, 0.3) is 0 Å². The zero-order chi connectivity index (χ0) is 18.1. The summed E-state index contributed by atoms with van der Waals surface area (Å²) in [5.74, 6) is 2.13. The summed E-state index contributed by atoms with van der Waals surface area (Å²) in [5, 5.41) is 6.94. The van der Waals surface area contributed by atoms with Gasteiger partial charge in [0, 0.05) is 32.1 Å². The van der Waals surface area contributed by atoms with E-state index in [9.17, 15) is 0 Å². The standard InChI is InChI=1S/C21H36N4/c1-5-11-25-12-10-19(16-25)15-24-21(22-6-2)23-14-18(4)20-9-7-8-17(3)13-20/h7-9,13,18-19H,5-6,10-12,14-16H2,1-4H3,(H2,22,23,24). The van der Waals surface area contributed by atoms with Gasteiger partial charge in [-0.1, -0.05) is 43.7 Å². The third-order valence-electron chi connectivity index (χ3n) is 4.95. The first-order valence-corrected chi connectivity index (χ1v) is 9.93. The van der Waals surface area contributed by atoms with Crippen molar-refractivity contribution in [1.82, 2.24) is 15.5 Å². The highest BCUT2D eigenvalue weighted by Gasteiger charge is 2.21. The van der Waals surface area contributed by atoms with Gasteiger partial charge in [0.05, 0.1) is 0 Å². The summed E-state index contributed by atoms with van der Waals surface area (Å²) < 4.78 is 0. The monoisotopic (exact) mass is 344 g/mol. The van der Waals surface area contributed by atoms with Crippen molar-refractivity contribution in [2.24, 2.45) is 10.9 Å². The number of nitrogens with one attached hydrogen (secondary N) is 2. The van der Waals surface area contributed by atoms with Crippen LogP contribution in [0.2, 0.25) is 0 Å². The van der Waals surface area contributed by atoms with E-state index < -0.39 is 0 Å². The molecule has 0 radical (unpaired) electrons. The Hall–Kier alpha value is -1.55. The zero-order valence-corrected chi connectivity index (χ0v) is 16.5. The average molecular weight is 345 g/mol. The normalized spacial score (nSPS) is 19.8. The Morgan fingerprint density at radius 1 is 1.32 bits per heavy atom. The number of likely N-dealkylation sites (tertiary alicyclic amines) is 1. The van der Waals surface area contributed by atoms with Gasteiger partial charge < -0.3 is 15.5 Å². The fourth-order valence-corrected chi connectivity index (χ4v) is 3.49. The molecule has 1 saturated heterocycles. The molecule has 1 aromatic rings. The molecule has 4 heteroatoms. The third kappa shape index (κ3) is 6.69. The van der Waals surface area contributed by atoms with Crippen molar-refractivity contribution in [3.8, 4) is 0 Å². The fraction of sp³-hybridized carbons (Fsp3) is 0.667. The topological polar surface area (TPSA) is 39.7 Å². The number of aryl methyl sites for hydroxylation is 1. The predicted molar refractivity (Wildman–Crippen MR) is 108 cm³/mol. The van der Waals surface area contributed by atoms with Gasteiger partial charge in [-0.05, 0) is 51.3 Å². The van der Waals surface area contributed by atoms with Crippen LogP contribution in [-0.2, 0) is 0 Å². The van der Waals surface area contributed by atoms with Crippen molar-refractivity contribution < 1.29 is 0 Å². The summed E-state index contributed by atoms with van der Waals surface area (Å²) in [6.45, 7) is 15.2. The molecule has 0 aromatic heterocycles. The summed E-state index contributed by atoms with van der Waals surface area (Å²) in [6.07, 6.45) is 2.55. The number of hydrogen-bond acceptors (Lipinski definition) is 2. The van der Waals surface area contributed by atoms with Crippen molar-refractivity contribution in [2.45, 2.75) is 46.5 Å². The molecule has 4 nitrogen and oxygen atoms in total. The Morgan fingerprint density at radius 2 is 2.16 bits per heavy atom. The lowest BCUT2D eigenvalue weighted by atomic mass is 10.00. The molecule has 0 spiro atoms. The Morgan fingerprint density at radius 3 is 2.88 bits per heavy atom. The third-order valence-corrected chi connectivity index (χ3v) is 4.95. The van der Waals surface area contributed by atoms with E-state index in [1.807, 2.05) is 0 Å². The van der Waals surface area contributed by atoms with Gasteiger partial charge in [0.25, 0.3) is 0 Å². The van der Waals surface area contributed by atoms with E-state index >= 15 is 0 Å². The smallest absolute Gasteiger partial charge is 0.191 e. The number of benzene rings is 1. The number of guanidine groups is 1. The van der Waals surface area contributed by atoms with Crippen LogP contribution in [0.3, 0.4) is 0 Å². The van der Waals surface area contributed by atoms with E-state index in [0.717, 1.165) is 31.5 Å². The summed E-state index contributed by atoms with van der Waals surface area (Å²) in [6, 6.07) is 8.75. The minimum absolute atomic E-state index is 0.432. The van der Waals surface area contributed by atoms with Crippen LogP contribution in [0, 0.1) is 12.8 Å². The van der Waals surface area contributed by atoms with Gasteiger partial charge in [0.1, 0.15) is 0 Å². The van der Waals surface area contributed by atoms with Crippen LogP contribution in [0.15, 0.2) is 29.3 Å². The predicted octanol–water partition coefficient (Wildman–Crippen LogP) is 3.39. The average Bonchev–Trinajstić information content (AvgIpc) is 3.05. The Balaban J connectivity index is 1.83. The molecule has 0 saturated carbocycles. The second-order valence-corrected chi connectivity index (χ2v) is 7.37. The van der Waals surface area contributed by atoms with Crippen LogP contribution in [0.4, 0.5) is 0 Å². The molecule has 1 aliphatic heterocycles. The lowest BCUT2D eigenvalue weighted by Crippen LogP contribution is -2.40. The van der Waals surface area contributed by atoms with Gasteiger partial charge in [-0.15, -0.1) is 0 Å². The second-order valence-electron chi connectivity index (χ2n) is 7.37. The molecule has 1 aromatic carbocycles. The second kappa shape index (κ2) is 10.4. The van der Waals surface area contributed by atoms with Crippen LogP contribution in [0.5, 0.6) is 0 Å². The summed E-state index contributed by atoms with van der Waals surface area (Å²) in [7, 11) is 0. The maximum absolute atomic E-state index is 4.82. The Bertz CT molecular complexity index is 540. The number of nitrogens with zero attached hydrogens (tertiary/aromatic N) is 2. The largest absolute Gasteiger partial charge is 0.357 e. The molecule has 1 fully saturated rings. The highest BCUT2D eigenvalue weighted by Crippen LogP contribution is 2.17. The molecule has 1 aliphatic rings. The molecule has 140 valence electrons. The Kier molecular flexibility index (Phi) is 8.26. The number of aliphatic imine (C=N–C) groups is 1. The molecule has 1 heterocycles. The van der Waals surface area contributed by atoms with Crippen molar-refractivity contribution in [1.29, 1.82) is 0 Å². The summed E-state index contributed by atoms with van der Waals surface area (Å²) in [4.78, 5) is 7.40. The molecule has 25 heavy (non-hydrogen) atoms. The molecule has 0 bridgehead atoms. The Labute approximate surface area is 154 Å². The maximum Gasteiger partial charge on any atom is 0.191 e. The molecular formula is C21H36N4. The van der Waals surface area contributed by atoms with Crippen LogP contribution >= 0.6 is 0 Å². The first-order chi connectivity index (χ1) is 12.1. The van der Waals surface area contributed by atoms with Gasteiger partial charge in [0.15, 0.2) is 5.96 Å². The highest BCUT2D eigenvalue weighted by atomic mass is 15.2. The van der Waals surface area contributed by atoms with Crippen LogP contribution < -0.4 is 10.6 Å². The van der Waals surface area contributed by atoms with E-state index in [-0.39, 0.29) is 0 Å². The van der Waals surface area contributed by atoms with Crippen molar-refractivity contribution in [3.63, 3.8) is 0 Å². The quantitative estimate of drug-likeness (QED) is 0.561. The molecule has 0 aliphatic carbocycles. The molecular weight excluding hydrogens is 308 g/mol. The molecule has 2 N–H and O–H groups in total. The maximum atomic E-state index is 4.82. The molecule has 2 unspecified atom stereocenters. The minimum Gasteiger partial charge on any atom is -0.357 e. The lowest BCUT2D eigenvalue weighted by molar-refractivity contribution is 0.324. The van der Waals surface area contributed by atoms with E-state index in [4.69, 9.17) is 4.99 Å². The van der Waals surface area contributed by atoms with Gasteiger partial charge in [-0.2, -0.15) is 0 Å². The van der Waals surface area contributed by atoms with Crippen LogP contribution in [0.1, 0.15) is 50.7 Å². The van der Waals surface area contributed by atoms with E-state index in [1.54, 1.807) is 0 Å². The van der Waals surface area contributed by atoms with Crippen molar-refractivity contribution in [3.05, 3.63) is 35.4 Å². The van der Waals surface area contributed by atoms with Gasteiger partial charge in [-0.25, -0.2) is 0 Å². The van der Waals surface area contributed by atoms with Gasteiger partial charge >= 0.3 is 0 Å². The summed E-state index contributed by atoms with van der Waals surface area (Å²) >= 11 is 0. The fourth-order valence-electron chi connectivity index (χ4n) is 3.49. The van der Waals surface area contributed by atoms with Gasteiger partial charge in [-0.3, -0.25) is 4.99 Å². The SMILES string of the molecule is CCCN1CCC(CNC(=NCC(C)c2cccc(C)c2)NCC)C1. The number of rotatable bonds is 8. The highest BCUT2D eigenvalue weighted by molar-refractivity contribution is 5.79. The molecule has 2 atom stereocenters. The number of hydrogen-bond donors (Lipinski definition) is 2.